The summed E-state index contributed by atoms with van der Waals surface area (Å²) in [5.74, 6) is -2.91. The minimum Gasteiger partial charge on any atom is -0.480 e. The number of carboxylic acid groups (broad SMARTS) is 1. The van der Waals surface area contributed by atoms with Crippen LogP contribution in [-0.4, -0.2) is 53.6 Å². The number of nitrogens with zero attached hydrogens (tertiary/aromatic N) is 1. The third kappa shape index (κ3) is 4.01. The van der Waals surface area contributed by atoms with Crippen molar-refractivity contribution < 1.29 is 28.6 Å². The first kappa shape index (κ1) is 19.5. The molecule has 1 aliphatic heterocycles. The molecule has 2 aromatic rings. The fraction of sp³-hybridized carbons (Fsp3) is 0.250. The first-order chi connectivity index (χ1) is 13.4. The van der Waals surface area contributed by atoms with Crippen molar-refractivity contribution in [2.75, 3.05) is 25.1 Å². The molecule has 0 aliphatic carbocycles. The highest BCUT2D eigenvalue weighted by Crippen LogP contribution is 2.21. The lowest BCUT2D eigenvalue weighted by Crippen LogP contribution is -2.52. The summed E-state index contributed by atoms with van der Waals surface area (Å²) in [5, 5.41) is 11.9. The summed E-state index contributed by atoms with van der Waals surface area (Å²) in [4.78, 5) is 37.8. The van der Waals surface area contributed by atoms with Gasteiger partial charge < -0.3 is 20.1 Å². The second kappa shape index (κ2) is 8.18. The molecular weight excluding hydrogens is 367 g/mol. The van der Waals surface area contributed by atoms with Crippen LogP contribution in [0.4, 0.5) is 10.1 Å². The maximum absolute atomic E-state index is 13.8. The number of benzene rings is 2. The molecule has 0 radical (unpaired) electrons. The lowest BCUT2D eigenvalue weighted by atomic mass is 10.1. The average molecular weight is 386 g/mol. The fourth-order valence-corrected chi connectivity index (χ4v) is 2.94. The van der Waals surface area contributed by atoms with Crippen molar-refractivity contribution in [1.29, 1.82) is 0 Å². The number of ether oxygens (including phenoxy) is 1. The molecule has 0 saturated carbocycles. The van der Waals surface area contributed by atoms with Gasteiger partial charge in [0.1, 0.15) is 5.82 Å². The Kier molecular flexibility index (Phi) is 5.70. The summed E-state index contributed by atoms with van der Waals surface area (Å²) >= 11 is 0. The van der Waals surface area contributed by atoms with Crippen LogP contribution in [0.15, 0.2) is 42.5 Å². The van der Waals surface area contributed by atoms with E-state index in [4.69, 9.17) is 4.74 Å². The molecule has 2 aromatic carbocycles. The molecule has 0 bridgehead atoms. The first-order valence-corrected chi connectivity index (χ1v) is 8.66. The Bertz CT molecular complexity index is 931. The van der Waals surface area contributed by atoms with Crippen LogP contribution < -0.4 is 5.32 Å². The van der Waals surface area contributed by atoms with E-state index in [2.05, 4.69) is 5.32 Å². The van der Waals surface area contributed by atoms with Crippen LogP contribution in [0.1, 0.15) is 26.3 Å². The van der Waals surface area contributed by atoms with Crippen molar-refractivity contribution in [3.8, 4) is 0 Å². The molecule has 1 aliphatic rings. The van der Waals surface area contributed by atoms with Gasteiger partial charge in [-0.15, -0.1) is 0 Å². The average Bonchev–Trinajstić information content (AvgIpc) is 2.69. The molecule has 28 heavy (non-hydrogen) atoms. The van der Waals surface area contributed by atoms with Gasteiger partial charge in [-0.05, 0) is 36.8 Å². The van der Waals surface area contributed by atoms with Gasteiger partial charge in [-0.1, -0.05) is 18.2 Å². The number of amides is 2. The second-order valence-corrected chi connectivity index (χ2v) is 6.39. The van der Waals surface area contributed by atoms with Crippen molar-refractivity contribution in [1.82, 2.24) is 4.90 Å². The van der Waals surface area contributed by atoms with Crippen molar-refractivity contribution in [2.45, 2.75) is 13.0 Å². The molecule has 0 spiro atoms. The van der Waals surface area contributed by atoms with Crippen LogP contribution in [0, 0.1) is 12.7 Å². The number of anilines is 1. The monoisotopic (exact) mass is 386 g/mol. The smallest absolute Gasteiger partial charge is 0.328 e. The van der Waals surface area contributed by atoms with Crippen LogP contribution in [0.3, 0.4) is 0 Å². The number of hydrogen-bond acceptors (Lipinski definition) is 4. The Morgan fingerprint density at radius 3 is 2.68 bits per heavy atom. The number of aliphatic carboxylic acids is 1. The van der Waals surface area contributed by atoms with Gasteiger partial charge in [-0.25, -0.2) is 9.18 Å². The van der Waals surface area contributed by atoms with Gasteiger partial charge in [0.2, 0.25) is 0 Å². The molecule has 8 heteroatoms. The van der Waals surface area contributed by atoms with E-state index in [9.17, 15) is 23.9 Å². The van der Waals surface area contributed by atoms with Gasteiger partial charge in [-0.2, -0.15) is 0 Å². The molecule has 1 unspecified atom stereocenters. The number of carbonyl (C=O) groups is 3. The Morgan fingerprint density at radius 2 is 1.96 bits per heavy atom. The SMILES string of the molecule is Cc1ccc(C(=O)N2CCOCC2C(=O)O)cc1NC(=O)c1ccccc1F. The number of carbonyl (C=O) groups excluding carboxylic acids is 2. The third-order valence-electron chi connectivity index (χ3n) is 4.53. The zero-order valence-corrected chi connectivity index (χ0v) is 15.1. The number of morpholine rings is 1. The van der Waals surface area contributed by atoms with E-state index in [0.29, 0.717) is 11.3 Å². The lowest BCUT2D eigenvalue weighted by molar-refractivity contribution is -0.147. The summed E-state index contributed by atoms with van der Waals surface area (Å²) in [6.07, 6.45) is 0. The predicted molar refractivity (Wildman–Crippen MR) is 98.8 cm³/mol. The molecule has 1 heterocycles. The van der Waals surface area contributed by atoms with E-state index in [1.807, 2.05) is 0 Å². The van der Waals surface area contributed by atoms with Crippen LogP contribution >= 0.6 is 0 Å². The highest BCUT2D eigenvalue weighted by Gasteiger charge is 2.33. The van der Waals surface area contributed by atoms with Gasteiger partial charge in [0, 0.05) is 17.8 Å². The summed E-state index contributed by atoms with van der Waals surface area (Å²) < 4.78 is 19.0. The summed E-state index contributed by atoms with van der Waals surface area (Å²) in [6.45, 7) is 2.06. The number of nitrogens with one attached hydrogen (secondary N) is 1. The number of aryl methyl sites for hydroxylation is 1. The predicted octanol–water partition coefficient (Wildman–Crippen LogP) is 2.31. The zero-order valence-electron chi connectivity index (χ0n) is 15.1. The standard InChI is InChI=1S/C20H19FN2O5/c1-12-6-7-13(19(25)23-8-9-28-11-17(23)20(26)27)10-16(12)22-18(24)14-4-2-3-5-15(14)21/h2-7,10,17H,8-9,11H2,1H3,(H,22,24)(H,26,27). The maximum Gasteiger partial charge on any atom is 0.328 e. The van der Waals surface area contributed by atoms with Gasteiger partial charge >= 0.3 is 5.97 Å². The molecule has 2 amide bonds. The molecule has 7 nitrogen and oxygen atoms in total. The maximum atomic E-state index is 13.8. The van der Waals surface area contributed by atoms with E-state index >= 15 is 0 Å². The zero-order chi connectivity index (χ0) is 20.3. The Morgan fingerprint density at radius 1 is 1.21 bits per heavy atom. The lowest BCUT2D eigenvalue weighted by Gasteiger charge is -2.33. The van der Waals surface area contributed by atoms with Gasteiger partial charge in [0.25, 0.3) is 11.8 Å². The van der Waals surface area contributed by atoms with E-state index < -0.39 is 29.6 Å². The normalized spacial score (nSPS) is 16.5. The minimum atomic E-state index is -1.15. The first-order valence-electron chi connectivity index (χ1n) is 8.66. The highest BCUT2D eigenvalue weighted by atomic mass is 19.1. The van der Waals surface area contributed by atoms with Crippen LogP contribution in [0.25, 0.3) is 0 Å². The molecule has 1 atom stereocenters. The molecule has 1 fully saturated rings. The third-order valence-corrected chi connectivity index (χ3v) is 4.53. The van der Waals surface area contributed by atoms with E-state index in [1.54, 1.807) is 25.1 Å². The van der Waals surface area contributed by atoms with Gasteiger partial charge in [0.05, 0.1) is 18.8 Å². The van der Waals surface area contributed by atoms with Crippen molar-refractivity contribution in [3.63, 3.8) is 0 Å². The molecular formula is C20H19FN2O5. The molecule has 3 rings (SSSR count). The van der Waals surface area contributed by atoms with E-state index in [-0.39, 0.29) is 30.9 Å². The second-order valence-electron chi connectivity index (χ2n) is 6.39. The van der Waals surface area contributed by atoms with Crippen molar-refractivity contribution >= 4 is 23.5 Å². The van der Waals surface area contributed by atoms with Crippen molar-refractivity contribution in [2.24, 2.45) is 0 Å². The molecule has 0 aromatic heterocycles. The number of halogens is 1. The number of rotatable bonds is 4. The minimum absolute atomic E-state index is 0.0796. The van der Waals surface area contributed by atoms with Crippen LogP contribution in [0.5, 0.6) is 0 Å². The number of hydrogen-bond donors (Lipinski definition) is 2. The Balaban J connectivity index is 1.85. The Labute approximate surface area is 160 Å². The molecule has 146 valence electrons. The highest BCUT2D eigenvalue weighted by molar-refractivity contribution is 6.06. The quantitative estimate of drug-likeness (QED) is 0.841. The van der Waals surface area contributed by atoms with Crippen LogP contribution in [-0.2, 0) is 9.53 Å². The van der Waals surface area contributed by atoms with E-state index in [0.717, 1.165) is 0 Å². The fourth-order valence-electron chi connectivity index (χ4n) is 2.94. The largest absolute Gasteiger partial charge is 0.480 e. The van der Waals surface area contributed by atoms with Gasteiger partial charge in [-0.3, -0.25) is 9.59 Å². The Hall–Kier alpha value is -3.26. The number of carboxylic acids is 1. The molecule has 1 saturated heterocycles. The summed E-state index contributed by atoms with van der Waals surface area (Å²) in [5.41, 5.74) is 1.14. The summed E-state index contributed by atoms with van der Waals surface area (Å²) in [6, 6.07) is 9.18. The van der Waals surface area contributed by atoms with Gasteiger partial charge in [0.15, 0.2) is 6.04 Å². The van der Waals surface area contributed by atoms with Crippen molar-refractivity contribution in [3.05, 3.63) is 65.0 Å². The molecule has 2 N–H and O–H groups in total. The van der Waals surface area contributed by atoms with Crippen LogP contribution in [0.2, 0.25) is 0 Å². The topological polar surface area (TPSA) is 95.9 Å². The van der Waals surface area contributed by atoms with E-state index in [1.165, 1.54) is 29.2 Å². The summed E-state index contributed by atoms with van der Waals surface area (Å²) in [7, 11) is 0.